The van der Waals surface area contributed by atoms with Crippen LogP contribution in [0.5, 0.6) is 0 Å². The molecule has 2 fully saturated rings. The van der Waals surface area contributed by atoms with Gasteiger partial charge in [-0.1, -0.05) is 30.0 Å². The molecule has 1 unspecified atom stereocenters. The van der Waals surface area contributed by atoms with Gasteiger partial charge in [0.2, 0.25) is 0 Å². The number of pyridine rings is 1. The number of nitrogens with zero attached hydrogens (tertiary/aromatic N) is 3. The Balaban J connectivity index is 1.73. The van der Waals surface area contributed by atoms with Crippen molar-refractivity contribution in [3.8, 4) is 0 Å². The lowest BCUT2D eigenvalue weighted by atomic mass is 10.2. The maximum absolute atomic E-state index is 13.2. The van der Waals surface area contributed by atoms with Gasteiger partial charge in [0, 0.05) is 19.3 Å². The zero-order valence-electron chi connectivity index (χ0n) is 16.5. The first-order valence-electron chi connectivity index (χ1n) is 9.72. The molecule has 10 heteroatoms. The van der Waals surface area contributed by atoms with E-state index < -0.39 is 0 Å². The highest BCUT2D eigenvalue weighted by Crippen LogP contribution is 2.34. The van der Waals surface area contributed by atoms with Crippen LogP contribution in [0.1, 0.15) is 24.0 Å². The van der Waals surface area contributed by atoms with E-state index in [4.69, 9.17) is 17.0 Å². The molecule has 1 atom stereocenters. The smallest absolute Gasteiger partial charge is 0.267 e. The van der Waals surface area contributed by atoms with Crippen LogP contribution in [0.2, 0.25) is 0 Å². The minimum Gasteiger partial charge on any atom is -0.395 e. The van der Waals surface area contributed by atoms with Gasteiger partial charge in [-0.25, -0.2) is 4.98 Å². The van der Waals surface area contributed by atoms with E-state index in [2.05, 4.69) is 10.3 Å². The third-order valence-electron chi connectivity index (χ3n) is 4.97. The van der Waals surface area contributed by atoms with Gasteiger partial charge in [0.1, 0.15) is 15.8 Å². The van der Waals surface area contributed by atoms with Crippen LogP contribution in [0.4, 0.5) is 5.82 Å². The number of rotatable bonds is 6. The van der Waals surface area contributed by atoms with Crippen LogP contribution in [0, 0.1) is 6.92 Å². The number of amides is 1. The molecule has 0 spiro atoms. The minimum absolute atomic E-state index is 0.00966. The van der Waals surface area contributed by atoms with Crippen molar-refractivity contribution in [2.75, 3.05) is 31.6 Å². The van der Waals surface area contributed by atoms with Crippen LogP contribution in [-0.4, -0.2) is 62.0 Å². The molecule has 0 aromatic carbocycles. The highest BCUT2D eigenvalue weighted by molar-refractivity contribution is 8.26. The number of ether oxygens (including phenoxy) is 1. The lowest BCUT2D eigenvalue weighted by Gasteiger charge is -2.18. The first kappa shape index (κ1) is 21.0. The lowest BCUT2D eigenvalue weighted by Crippen LogP contribution is -2.35. The molecule has 30 heavy (non-hydrogen) atoms. The maximum atomic E-state index is 13.2. The number of thiocarbonyl (C=S) groups is 1. The van der Waals surface area contributed by atoms with Crippen LogP contribution >= 0.6 is 24.0 Å². The van der Waals surface area contributed by atoms with Crippen LogP contribution in [0.3, 0.4) is 0 Å². The van der Waals surface area contributed by atoms with E-state index in [9.17, 15) is 14.7 Å². The second-order valence-corrected chi connectivity index (χ2v) is 8.87. The minimum atomic E-state index is -0.298. The molecule has 158 valence electrons. The number of aryl methyl sites for hydroxylation is 1. The fraction of sp³-hybridized carbons (Fsp3) is 0.400. The van der Waals surface area contributed by atoms with E-state index in [1.165, 1.54) is 16.2 Å². The summed E-state index contributed by atoms with van der Waals surface area (Å²) in [6.07, 6.45) is 5.12. The molecule has 2 aliphatic rings. The van der Waals surface area contributed by atoms with E-state index in [0.29, 0.717) is 33.8 Å². The average molecular weight is 447 g/mol. The van der Waals surface area contributed by atoms with Crippen LogP contribution < -0.4 is 10.9 Å². The van der Waals surface area contributed by atoms with Gasteiger partial charge in [-0.05, 0) is 37.5 Å². The molecule has 0 aliphatic carbocycles. The third kappa shape index (κ3) is 4.13. The van der Waals surface area contributed by atoms with Crippen molar-refractivity contribution in [1.82, 2.24) is 14.3 Å². The quantitative estimate of drug-likeness (QED) is 0.512. The summed E-state index contributed by atoms with van der Waals surface area (Å²) >= 11 is 6.57. The van der Waals surface area contributed by atoms with Gasteiger partial charge in [0.05, 0.1) is 29.7 Å². The Labute approximate surface area is 182 Å². The summed E-state index contributed by atoms with van der Waals surface area (Å²) in [5.74, 6) is 0.0876. The molecule has 2 saturated heterocycles. The molecular formula is C20H22N4O4S2. The largest absolute Gasteiger partial charge is 0.395 e. The van der Waals surface area contributed by atoms with E-state index in [0.717, 1.165) is 18.4 Å². The molecule has 0 bridgehead atoms. The van der Waals surface area contributed by atoms with E-state index >= 15 is 0 Å². The Morgan fingerprint density at radius 1 is 1.43 bits per heavy atom. The Hall–Kier alpha value is -2.27. The fourth-order valence-corrected chi connectivity index (χ4v) is 4.74. The lowest BCUT2D eigenvalue weighted by molar-refractivity contribution is -0.123. The molecule has 2 aromatic heterocycles. The number of hydrogen-bond donors (Lipinski definition) is 2. The van der Waals surface area contributed by atoms with Crippen LogP contribution in [0.15, 0.2) is 28.0 Å². The highest BCUT2D eigenvalue weighted by Gasteiger charge is 2.35. The summed E-state index contributed by atoms with van der Waals surface area (Å²) in [6, 6.07) is 3.62. The van der Waals surface area contributed by atoms with Crippen LogP contribution in [0.25, 0.3) is 11.7 Å². The Morgan fingerprint density at radius 2 is 2.27 bits per heavy atom. The molecule has 2 aromatic rings. The second-order valence-electron chi connectivity index (χ2n) is 7.19. The highest BCUT2D eigenvalue weighted by atomic mass is 32.2. The van der Waals surface area contributed by atoms with Crippen molar-refractivity contribution in [2.24, 2.45) is 0 Å². The molecule has 8 nitrogen and oxygen atoms in total. The van der Waals surface area contributed by atoms with Gasteiger partial charge in [-0.15, -0.1) is 0 Å². The predicted molar refractivity (Wildman–Crippen MR) is 121 cm³/mol. The number of carbonyl (C=O) groups excluding carboxylic acids is 1. The number of hydrogen-bond acceptors (Lipinski definition) is 8. The zero-order valence-corrected chi connectivity index (χ0v) is 18.1. The number of aromatic nitrogens is 2. The van der Waals surface area contributed by atoms with E-state index in [1.807, 2.05) is 13.0 Å². The van der Waals surface area contributed by atoms with Gasteiger partial charge in [0.15, 0.2) is 0 Å². The number of nitrogens with one attached hydrogen (secondary N) is 1. The van der Waals surface area contributed by atoms with Crippen molar-refractivity contribution in [3.05, 3.63) is 44.7 Å². The molecule has 2 aliphatic heterocycles. The molecular weight excluding hydrogens is 424 g/mol. The summed E-state index contributed by atoms with van der Waals surface area (Å²) in [7, 11) is 0. The van der Waals surface area contributed by atoms with Gasteiger partial charge in [-0.2, -0.15) is 0 Å². The number of thioether (sulfide) groups is 1. The first-order chi connectivity index (χ1) is 14.5. The Morgan fingerprint density at radius 3 is 3.00 bits per heavy atom. The molecule has 0 radical (unpaired) electrons. The zero-order chi connectivity index (χ0) is 21.3. The SMILES string of the molecule is Cc1ccc2nc(NCCO)c(C=C3SC(=S)N(CC4CCCO4)C3=O)c(=O)n2c1. The van der Waals surface area contributed by atoms with E-state index in [-0.39, 0.29) is 36.3 Å². The van der Waals surface area contributed by atoms with Crippen molar-refractivity contribution in [1.29, 1.82) is 0 Å². The Kier molecular flexibility index (Phi) is 6.19. The second kappa shape index (κ2) is 8.84. The molecule has 1 amide bonds. The number of aliphatic hydroxyl groups excluding tert-OH is 1. The Bertz CT molecular complexity index is 1090. The van der Waals surface area contributed by atoms with Gasteiger partial charge in [-0.3, -0.25) is 18.9 Å². The van der Waals surface area contributed by atoms with Gasteiger partial charge in [0.25, 0.3) is 11.5 Å². The summed E-state index contributed by atoms with van der Waals surface area (Å²) < 4.78 is 7.54. The summed E-state index contributed by atoms with van der Waals surface area (Å²) in [6.45, 7) is 3.13. The number of anilines is 1. The molecule has 0 saturated carbocycles. The molecule has 4 rings (SSSR count). The number of carbonyl (C=O) groups is 1. The topological polar surface area (TPSA) is 96.2 Å². The summed E-state index contributed by atoms with van der Waals surface area (Å²) in [4.78, 5) is 32.6. The monoisotopic (exact) mass is 446 g/mol. The van der Waals surface area contributed by atoms with Crippen molar-refractivity contribution < 1.29 is 14.6 Å². The predicted octanol–water partition coefficient (Wildman–Crippen LogP) is 1.79. The normalized spacial score (nSPS) is 20.7. The maximum Gasteiger partial charge on any atom is 0.267 e. The number of aliphatic hydroxyl groups is 1. The summed E-state index contributed by atoms with van der Waals surface area (Å²) in [5, 5.41) is 12.2. The van der Waals surface area contributed by atoms with Gasteiger partial charge >= 0.3 is 0 Å². The van der Waals surface area contributed by atoms with Crippen molar-refractivity contribution in [2.45, 2.75) is 25.9 Å². The molecule has 4 heterocycles. The van der Waals surface area contributed by atoms with E-state index in [1.54, 1.807) is 23.2 Å². The van der Waals surface area contributed by atoms with Crippen molar-refractivity contribution >= 4 is 51.7 Å². The van der Waals surface area contributed by atoms with Crippen molar-refractivity contribution in [3.63, 3.8) is 0 Å². The van der Waals surface area contributed by atoms with Gasteiger partial charge < -0.3 is 15.2 Å². The average Bonchev–Trinajstić information content (AvgIpc) is 3.33. The van der Waals surface area contributed by atoms with Crippen LogP contribution in [-0.2, 0) is 9.53 Å². The summed E-state index contributed by atoms with van der Waals surface area (Å²) in [5.41, 5.74) is 1.35. The fourth-order valence-electron chi connectivity index (χ4n) is 3.48. The standard InChI is InChI=1S/C20H22N4O4S2/c1-12-4-5-16-22-17(21-6-7-25)14(18(26)23(16)10-12)9-15-19(27)24(20(29)30-15)11-13-3-2-8-28-13/h4-5,9-10,13,21,25H,2-3,6-8,11H2,1H3. The number of fused-ring (bicyclic) bond motifs is 1. The first-order valence-corrected chi connectivity index (χ1v) is 10.9. The third-order valence-corrected chi connectivity index (χ3v) is 6.35. The molecule has 2 N–H and O–H groups in total.